The van der Waals surface area contributed by atoms with Gasteiger partial charge in [-0.3, -0.25) is 9.69 Å². The van der Waals surface area contributed by atoms with Gasteiger partial charge < -0.3 is 9.84 Å². The Morgan fingerprint density at radius 2 is 2.10 bits per heavy atom. The van der Waals surface area contributed by atoms with E-state index in [1.54, 1.807) is 0 Å². The van der Waals surface area contributed by atoms with Crippen molar-refractivity contribution in [3.63, 3.8) is 0 Å². The maximum absolute atomic E-state index is 10.8. The second kappa shape index (κ2) is 6.65. The van der Waals surface area contributed by atoms with E-state index in [2.05, 4.69) is 23.7 Å². The fourth-order valence-corrected chi connectivity index (χ4v) is 3.67. The van der Waals surface area contributed by atoms with E-state index in [9.17, 15) is 4.79 Å². The van der Waals surface area contributed by atoms with Crippen LogP contribution in [0.1, 0.15) is 29.4 Å². The molecule has 0 aliphatic carbocycles. The third kappa shape index (κ3) is 4.26. The fourth-order valence-electron chi connectivity index (χ4n) is 2.62. The molecule has 0 bridgehead atoms. The number of aryl methyl sites for hydroxylation is 1. The second-order valence-electron chi connectivity index (χ2n) is 5.45. The summed E-state index contributed by atoms with van der Waals surface area (Å²) in [7, 11) is 0. The lowest BCUT2D eigenvalue weighted by Crippen LogP contribution is -2.46. The molecule has 1 saturated heterocycles. The van der Waals surface area contributed by atoms with Crippen molar-refractivity contribution in [3.05, 3.63) is 15.6 Å². The van der Waals surface area contributed by atoms with Crippen LogP contribution in [0.25, 0.3) is 0 Å². The third-order valence-electron chi connectivity index (χ3n) is 3.39. The first-order valence-electron chi connectivity index (χ1n) is 6.99. The highest BCUT2D eigenvalue weighted by molar-refractivity contribution is 7.11. The van der Waals surface area contributed by atoms with Crippen LogP contribution in [0.4, 0.5) is 0 Å². The van der Waals surface area contributed by atoms with Crippen LogP contribution >= 0.6 is 11.3 Å². The monoisotopic (exact) mass is 298 g/mol. The Balaban J connectivity index is 1.89. The number of thiazole rings is 1. The van der Waals surface area contributed by atoms with E-state index in [0.717, 1.165) is 41.6 Å². The number of nitrogens with zero attached hydrogens (tertiary/aromatic N) is 2. The van der Waals surface area contributed by atoms with Crippen LogP contribution in [0.3, 0.4) is 0 Å². The second-order valence-corrected chi connectivity index (χ2v) is 6.62. The summed E-state index contributed by atoms with van der Waals surface area (Å²) in [5.74, 6) is -0.792. The molecule has 2 rings (SSSR count). The van der Waals surface area contributed by atoms with Gasteiger partial charge in [-0.1, -0.05) is 0 Å². The molecular formula is C14H22N2O3S. The van der Waals surface area contributed by atoms with Crippen molar-refractivity contribution in [1.82, 2.24) is 9.88 Å². The van der Waals surface area contributed by atoms with Gasteiger partial charge in [0.2, 0.25) is 0 Å². The summed E-state index contributed by atoms with van der Waals surface area (Å²) in [4.78, 5) is 18.5. The largest absolute Gasteiger partial charge is 0.481 e. The first-order valence-corrected chi connectivity index (χ1v) is 7.80. The van der Waals surface area contributed by atoms with Gasteiger partial charge in [-0.15, -0.1) is 11.3 Å². The van der Waals surface area contributed by atoms with Crippen LogP contribution in [0.5, 0.6) is 0 Å². The van der Waals surface area contributed by atoms with Gasteiger partial charge in [-0.25, -0.2) is 4.98 Å². The highest BCUT2D eigenvalue weighted by atomic mass is 32.1. The van der Waals surface area contributed by atoms with Crippen molar-refractivity contribution in [2.75, 3.05) is 19.6 Å². The molecule has 0 amide bonds. The zero-order valence-electron chi connectivity index (χ0n) is 12.3. The molecule has 0 aromatic carbocycles. The van der Waals surface area contributed by atoms with E-state index in [1.165, 1.54) is 11.3 Å². The quantitative estimate of drug-likeness (QED) is 0.897. The number of carbonyl (C=O) groups is 1. The predicted octanol–water partition coefficient (Wildman–Crippen LogP) is 1.73. The van der Waals surface area contributed by atoms with Crippen LogP contribution < -0.4 is 0 Å². The molecule has 1 aromatic heterocycles. The Hall–Kier alpha value is -0.980. The van der Waals surface area contributed by atoms with E-state index in [-0.39, 0.29) is 18.6 Å². The molecule has 1 aliphatic rings. The molecule has 0 saturated carbocycles. The molecule has 0 spiro atoms. The first-order chi connectivity index (χ1) is 9.44. The Morgan fingerprint density at radius 1 is 1.45 bits per heavy atom. The molecule has 1 aromatic rings. The normalized spacial score (nSPS) is 23.9. The van der Waals surface area contributed by atoms with E-state index in [0.29, 0.717) is 0 Å². The lowest BCUT2D eigenvalue weighted by Gasteiger charge is -2.35. The Bertz CT molecular complexity index is 465. The first kappa shape index (κ1) is 15.4. The van der Waals surface area contributed by atoms with Gasteiger partial charge in [-0.05, 0) is 20.8 Å². The topological polar surface area (TPSA) is 62.7 Å². The average molecular weight is 298 g/mol. The van der Waals surface area contributed by atoms with E-state index in [4.69, 9.17) is 9.84 Å². The van der Waals surface area contributed by atoms with Crippen LogP contribution in [0.2, 0.25) is 0 Å². The summed E-state index contributed by atoms with van der Waals surface area (Å²) < 4.78 is 5.72. The molecule has 2 unspecified atom stereocenters. The van der Waals surface area contributed by atoms with Crippen molar-refractivity contribution in [2.45, 2.75) is 45.8 Å². The summed E-state index contributed by atoms with van der Waals surface area (Å²) in [6.45, 7) is 8.95. The zero-order valence-corrected chi connectivity index (χ0v) is 13.1. The molecule has 5 nitrogen and oxygen atoms in total. The molecule has 6 heteroatoms. The average Bonchev–Trinajstić information content (AvgIpc) is 2.65. The molecule has 0 radical (unpaired) electrons. The standard InChI is InChI=1S/C14H22N2O3S/c1-9-7-16(8-10(2)19-9)5-4-13-15-11(3)12(20-13)6-14(17)18/h9-10H,4-8H2,1-3H3,(H,17,18). The highest BCUT2D eigenvalue weighted by Crippen LogP contribution is 2.20. The van der Waals surface area contributed by atoms with Gasteiger partial charge in [0, 0.05) is 30.9 Å². The van der Waals surface area contributed by atoms with E-state index < -0.39 is 5.97 Å². The molecule has 1 N–H and O–H groups in total. The lowest BCUT2D eigenvalue weighted by atomic mass is 10.2. The van der Waals surface area contributed by atoms with Crippen LogP contribution in [0, 0.1) is 6.92 Å². The summed E-state index contributed by atoms with van der Waals surface area (Å²) in [6, 6.07) is 0. The maximum Gasteiger partial charge on any atom is 0.308 e. The van der Waals surface area contributed by atoms with Crippen molar-refractivity contribution in [3.8, 4) is 0 Å². The van der Waals surface area contributed by atoms with Gasteiger partial charge in [0.1, 0.15) is 0 Å². The SMILES string of the molecule is Cc1nc(CCN2CC(C)OC(C)C2)sc1CC(=O)O. The summed E-state index contributed by atoms with van der Waals surface area (Å²) in [6.07, 6.45) is 1.51. The van der Waals surface area contributed by atoms with E-state index >= 15 is 0 Å². The number of carboxylic acids is 1. The number of aromatic nitrogens is 1. The number of carboxylic acid groups (broad SMARTS) is 1. The number of morpholine rings is 1. The summed E-state index contributed by atoms with van der Waals surface area (Å²) >= 11 is 1.53. The van der Waals surface area contributed by atoms with Gasteiger partial charge >= 0.3 is 5.97 Å². The van der Waals surface area contributed by atoms with Crippen molar-refractivity contribution >= 4 is 17.3 Å². The number of rotatable bonds is 5. The molecule has 112 valence electrons. The molecule has 2 atom stereocenters. The highest BCUT2D eigenvalue weighted by Gasteiger charge is 2.22. The smallest absolute Gasteiger partial charge is 0.308 e. The van der Waals surface area contributed by atoms with E-state index in [1.807, 2.05) is 6.92 Å². The zero-order chi connectivity index (χ0) is 14.7. The van der Waals surface area contributed by atoms with Crippen molar-refractivity contribution < 1.29 is 14.6 Å². The molecule has 1 aliphatic heterocycles. The minimum Gasteiger partial charge on any atom is -0.481 e. The van der Waals surface area contributed by atoms with Crippen LogP contribution in [-0.4, -0.2) is 52.8 Å². The number of hydrogen-bond acceptors (Lipinski definition) is 5. The lowest BCUT2D eigenvalue weighted by molar-refractivity contribution is -0.136. The number of aliphatic carboxylic acids is 1. The summed E-state index contributed by atoms with van der Waals surface area (Å²) in [5.41, 5.74) is 0.858. The van der Waals surface area contributed by atoms with Crippen LogP contribution in [-0.2, 0) is 22.4 Å². The number of ether oxygens (including phenoxy) is 1. The molecule has 20 heavy (non-hydrogen) atoms. The summed E-state index contributed by atoms with van der Waals surface area (Å²) in [5, 5.41) is 9.88. The minimum atomic E-state index is -0.792. The van der Waals surface area contributed by atoms with Crippen molar-refractivity contribution in [1.29, 1.82) is 0 Å². The Labute approximate surface area is 123 Å². The maximum atomic E-state index is 10.8. The Morgan fingerprint density at radius 3 is 2.70 bits per heavy atom. The predicted molar refractivity (Wildman–Crippen MR) is 78.3 cm³/mol. The van der Waals surface area contributed by atoms with Gasteiger partial charge in [0.15, 0.2) is 0 Å². The minimum absolute atomic E-state index is 0.0785. The number of hydrogen-bond donors (Lipinski definition) is 1. The molecular weight excluding hydrogens is 276 g/mol. The van der Waals surface area contributed by atoms with Gasteiger partial charge in [0.25, 0.3) is 0 Å². The third-order valence-corrected chi connectivity index (χ3v) is 4.60. The molecule has 1 fully saturated rings. The van der Waals surface area contributed by atoms with Gasteiger partial charge in [-0.2, -0.15) is 0 Å². The van der Waals surface area contributed by atoms with Crippen molar-refractivity contribution in [2.24, 2.45) is 0 Å². The van der Waals surface area contributed by atoms with Gasteiger partial charge in [0.05, 0.1) is 29.3 Å². The Kier molecular flexibility index (Phi) is 5.12. The molecule has 2 heterocycles. The fraction of sp³-hybridized carbons (Fsp3) is 0.714. The van der Waals surface area contributed by atoms with Crippen LogP contribution in [0.15, 0.2) is 0 Å².